The van der Waals surface area contributed by atoms with Crippen LogP contribution in [0.4, 0.5) is 0 Å². The summed E-state index contributed by atoms with van der Waals surface area (Å²) in [6.45, 7) is 2.24. The van der Waals surface area contributed by atoms with Crippen LogP contribution in [0.5, 0.6) is 0 Å². The van der Waals surface area contributed by atoms with Crippen molar-refractivity contribution in [2.24, 2.45) is 0 Å². The first kappa shape index (κ1) is 11.0. The number of fused-ring (bicyclic) bond motifs is 1. The van der Waals surface area contributed by atoms with Crippen molar-refractivity contribution in [2.45, 2.75) is 23.1 Å². The second-order valence-corrected chi connectivity index (χ2v) is 5.57. The minimum absolute atomic E-state index is 0.641. The number of nitrogens with zero attached hydrogens (tertiary/aromatic N) is 2. The van der Waals surface area contributed by atoms with E-state index in [-0.39, 0.29) is 0 Å². The third-order valence-corrected chi connectivity index (χ3v) is 4.32. The fourth-order valence-corrected chi connectivity index (χ4v) is 3.36. The lowest BCUT2D eigenvalue weighted by molar-refractivity contribution is 0.531. The van der Waals surface area contributed by atoms with Crippen LogP contribution in [0.15, 0.2) is 35.6 Å². The molecule has 1 unspecified atom stereocenters. The van der Waals surface area contributed by atoms with Gasteiger partial charge in [-0.05, 0) is 25.5 Å². The van der Waals surface area contributed by atoms with Crippen molar-refractivity contribution in [3.63, 3.8) is 0 Å². The third kappa shape index (κ3) is 2.42. The molecule has 0 radical (unpaired) electrons. The number of thioether (sulfide) groups is 1. The van der Waals surface area contributed by atoms with Gasteiger partial charge in [0.15, 0.2) is 0 Å². The minimum Gasteiger partial charge on any atom is -0.316 e. The number of hydrogen-bond acceptors (Lipinski definition) is 4. The van der Waals surface area contributed by atoms with Crippen LogP contribution in [0.1, 0.15) is 12.8 Å². The maximum absolute atomic E-state index is 4.43. The van der Waals surface area contributed by atoms with Crippen LogP contribution in [0.3, 0.4) is 0 Å². The molecule has 0 amide bonds. The van der Waals surface area contributed by atoms with Crippen LogP contribution in [-0.2, 0) is 0 Å². The van der Waals surface area contributed by atoms with Gasteiger partial charge in [-0.2, -0.15) is 0 Å². The van der Waals surface area contributed by atoms with Gasteiger partial charge >= 0.3 is 0 Å². The van der Waals surface area contributed by atoms with E-state index < -0.39 is 0 Å². The summed E-state index contributed by atoms with van der Waals surface area (Å²) in [6.07, 6.45) is 4.21. The second kappa shape index (κ2) is 5.02. The lowest BCUT2D eigenvalue weighted by Gasteiger charge is -2.21. The Morgan fingerprint density at radius 1 is 1.24 bits per heavy atom. The highest BCUT2D eigenvalue weighted by atomic mass is 32.2. The first-order chi connectivity index (χ1) is 8.43. The van der Waals surface area contributed by atoms with Crippen molar-refractivity contribution in [3.8, 4) is 0 Å². The summed E-state index contributed by atoms with van der Waals surface area (Å²) in [7, 11) is 0. The Bertz CT molecular complexity index is 503. The Morgan fingerprint density at radius 3 is 3.06 bits per heavy atom. The molecule has 0 spiro atoms. The summed E-state index contributed by atoms with van der Waals surface area (Å²) >= 11 is 1.88. The van der Waals surface area contributed by atoms with E-state index in [0.29, 0.717) is 5.25 Å². The van der Waals surface area contributed by atoms with Crippen molar-refractivity contribution < 1.29 is 0 Å². The zero-order valence-corrected chi connectivity index (χ0v) is 10.4. The molecular weight excluding hydrogens is 230 g/mol. The molecule has 1 atom stereocenters. The molecule has 0 bridgehead atoms. The van der Waals surface area contributed by atoms with Gasteiger partial charge in [-0.15, -0.1) is 11.8 Å². The molecule has 4 heteroatoms. The molecule has 0 aliphatic carbocycles. The van der Waals surface area contributed by atoms with Crippen LogP contribution in [0.25, 0.3) is 10.9 Å². The number of aromatic nitrogens is 2. The van der Waals surface area contributed by atoms with E-state index >= 15 is 0 Å². The maximum atomic E-state index is 4.43. The highest BCUT2D eigenvalue weighted by molar-refractivity contribution is 8.00. The van der Waals surface area contributed by atoms with Crippen LogP contribution >= 0.6 is 11.8 Å². The molecule has 1 saturated heterocycles. The van der Waals surface area contributed by atoms with Crippen molar-refractivity contribution >= 4 is 22.7 Å². The Kier molecular flexibility index (Phi) is 3.25. The minimum atomic E-state index is 0.641. The topological polar surface area (TPSA) is 37.8 Å². The molecule has 1 aromatic carbocycles. The third-order valence-electron chi connectivity index (χ3n) is 3.04. The standard InChI is InChI=1S/C13H15N3S/c1-2-6-12-11(5-1)13(16-9-15-12)17-10-4-3-7-14-8-10/h1-2,5-6,9-10,14H,3-4,7-8H2. The molecule has 1 aliphatic heterocycles. The van der Waals surface area contributed by atoms with Gasteiger partial charge in [0.25, 0.3) is 0 Å². The molecule has 2 aromatic rings. The van der Waals surface area contributed by atoms with E-state index in [1.807, 2.05) is 23.9 Å². The average molecular weight is 245 g/mol. The van der Waals surface area contributed by atoms with E-state index in [4.69, 9.17) is 0 Å². The van der Waals surface area contributed by atoms with E-state index in [9.17, 15) is 0 Å². The highest BCUT2D eigenvalue weighted by Gasteiger charge is 2.16. The summed E-state index contributed by atoms with van der Waals surface area (Å²) in [4.78, 5) is 8.72. The smallest absolute Gasteiger partial charge is 0.117 e. The number of benzene rings is 1. The number of rotatable bonds is 2. The molecule has 17 heavy (non-hydrogen) atoms. The van der Waals surface area contributed by atoms with Gasteiger partial charge in [-0.1, -0.05) is 18.2 Å². The van der Waals surface area contributed by atoms with Gasteiger partial charge in [-0.3, -0.25) is 0 Å². The first-order valence-electron chi connectivity index (χ1n) is 6.00. The van der Waals surface area contributed by atoms with Crippen molar-refractivity contribution in [3.05, 3.63) is 30.6 Å². The second-order valence-electron chi connectivity index (χ2n) is 4.28. The maximum Gasteiger partial charge on any atom is 0.117 e. The lowest BCUT2D eigenvalue weighted by atomic mass is 10.2. The number of hydrogen-bond donors (Lipinski definition) is 1. The summed E-state index contributed by atoms with van der Waals surface area (Å²) in [5.41, 5.74) is 1.04. The number of nitrogens with one attached hydrogen (secondary N) is 1. The van der Waals surface area contributed by atoms with E-state index in [2.05, 4.69) is 27.4 Å². The van der Waals surface area contributed by atoms with Gasteiger partial charge in [0.05, 0.1) is 5.52 Å². The predicted molar refractivity (Wildman–Crippen MR) is 71.3 cm³/mol. The largest absolute Gasteiger partial charge is 0.316 e. The lowest BCUT2D eigenvalue weighted by Crippen LogP contribution is -2.31. The van der Waals surface area contributed by atoms with Gasteiger partial charge in [0.2, 0.25) is 0 Å². The summed E-state index contributed by atoms with van der Waals surface area (Å²) < 4.78 is 0. The monoisotopic (exact) mass is 245 g/mol. The van der Waals surface area contributed by atoms with Gasteiger partial charge in [-0.25, -0.2) is 9.97 Å². The molecule has 1 N–H and O–H groups in total. The summed E-state index contributed by atoms with van der Waals surface area (Å²) in [6, 6.07) is 8.22. The fourth-order valence-electron chi connectivity index (χ4n) is 2.15. The van der Waals surface area contributed by atoms with E-state index in [0.717, 1.165) is 23.6 Å². The number of para-hydroxylation sites is 1. The molecular formula is C13H15N3S. The highest BCUT2D eigenvalue weighted by Crippen LogP contribution is 2.30. The van der Waals surface area contributed by atoms with Crippen molar-refractivity contribution in [2.75, 3.05) is 13.1 Å². The normalized spacial score (nSPS) is 20.6. The fraction of sp³-hybridized carbons (Fsp3) is 0.385. The van der Waals surface area contributed by atoms with Crippen LogP contribution in [-0.4, -0.2) is 28.3 Å². The molecule has 3 nitrogen and oxygen atoms in total. The van der Waals surface area contributed by atoms with Gasteiger partial charge < -0.3 is 5.32 Å². The Morgan fingerprint density at radius 2 is 2.18 bits per heavy atom. The van der Waals surface area contributed by atoms with Crippen LogP contribution in [0, 0.1) is 0 Å². The molecule has 0 saturated carbocycles. The van der Waals surface area contributed by atoms with Gasteiger partial charge in [0.1, 0.15) is 11.4 Å². The molecule has 2 heterocycles. The van der Waals surface area contributed by atoms with E-state index in [1.165, 1.54) is 18.2 Å². The van der Waals surface area contributed by atoms with Crippen molar-refractivity contribution in [1.82, 2.24) is 15.3 Å². The first-order valence-corrected chi connectivity index (χ1v) is 6.88. The Balaban J connectivity index is 1.89. The molecule has 3 rings (SSSR count). The number of piperidine rings is 1. The van der Waals surface area contributed by atoms with Crippen LogP contribution in [0.2, 0.25) is 0 Å². The average Bonchev–Trinajstić information content (AvgIpc) is 2.40. The zero-order valence-electron chi connectivity index (χ0n) is 9.60. The SMILES string of the molecule is c1ccc2c(SC3CCCNC3)ncnc2c1. The van der Waals surface area contributed by atoms with Gasteiger partial charge in [0, 0.05) is 17.2 Å². The van der Waals surface area contributed by atoms with Crippen molar-refractivity contribution in [1.29, 1.82) is 0 Å². The molecule has 1 aromatic heterocycles. The van der Waals surface area contributed by atoms with E-state index in [1.54, 1.807) is 6.33 Å². The Hall–Kier alpha value is -1.13. The quantitative estimate of drug-likeness (QED) is 0.825. The molecule has 1 fully saturated rings. The zero-order chi connectivity index (χ0) is 11.5. The summed E-state index contributed by atoms with van der Waals surface area (Å²) in [5.74, 6) is 0. The molecule has 1 aliphatic rings. The molecule has 88 valence electrons. The Labute approximate surface area is 105 Å². The van der Waals surface area contributed by atoms with Crippen LogP contribution < -0.4 is 5.32 Å². The predicted octanol–water partition coefficient (Wildman–Crippen LogP) is 2.47. The summed E-state index contributed by atoms with van der Waals surface area (Å²) in [5, 5.41) is 6.37.